The van der Waals surface area contributed by atoms with Gasteiger partial charge in [0.1, 0.15) is 0 Å². The van der Waals surface area contributed by atoms with Crippen molar-refractivity contribution < 1.29 is 8.39 Å². The van der Waals surface area contributed by atoms with Gasteiger partial charge in [-0.1, -0.05) is 19.3 Å². The Bertz CT molecular complexity index is 280. The highest BCUT2D eigenvalue weighted by atomic mass is 32.2. The zero-order chi connectivity index (χ0) is 10.2. The summed E-state index contributed by atoms with van der Waals surface area (Å²) in [6.45, 7) is 3.85. The molecule has 4 heteroatoms. The molecule has 0 radical (unpaired) electrons. The number of nitrogens with zero attached hydrogens (tertiary/aromatic N) is 1. The molecule has 0 aromatic carbocycles. The Hall–Kier alpha value is -0.380. The lowest BCUT2D eigenvalue weighted by molar-refractivity contribution is 0.411. The molecule has 1 unspecified atom stereocenters. The van der Waals surface area contributed by atoms with Crippen LogP contribution in [-0.2, 0) is 15.3 Å². The monoisotopic (exact) mass is 215 g/mol. The summed E-state index contributed by atoms with van der Waals surface area (Å²) in [7, 11) is 0. The van der Waals surface area contributed by atoms with Crippen LogP contribution >= 0.6 is 0 Å². The predicted molar refractivity (Wildman–Crippen MR) is 57.6 cm³/mol. The Morgan fingerprint density at radius 2 is 2.00 bits per heavy atom. The second-order valence-electron chi connectivity index (χ2n) is 4.55. The standard InChI is InChI=1S/C10H17NO2S/c1-10(2)9(13-14(10)12)11-8-6-4-3-5-7-8/h8H,3-7H2,1-2H3. The average Bonchev–Trinajstić information content (AvgIpc) is 2.19. The molecule has 14 heavy (non-hydrogen) atoms. The van der Waals surface area contributed by atoms with Crippen LogP contribution < -0.4 is 0 Å². The molecule has 1 aliphatic carbocycles. The molecular formula is C10H17NO2S. The molecule has 1 saturated carbocycles. The summed E-state index contributed by atoms with van der Waals surface area (Å²) in [6, 6.07) is 0.412. The zero-order valence-corrected chi connectivity index (χ0v) is 9.60. The first kappa shape index (κ1) is 10.1. The van der Waals surface area contributed by atoms with Crippen molar-refractivity contribution in [2.24, 2.45) is 4.99 Å². The van der Waals surface area contributed by atoms with Gasteiger partial charge in [-0.2, -0.15) is 0 Å². The SMILES string of the molecule is CC1(C)C(=NC2CCCCC2)OS1=O. The molecule has 0 spiro atoms. The van der Waals surface area contributed by atoms with E-state index in [9.17, 15) is 4.21 Å². The number of hydrogen-bond acceptors (Lipinski definition) is 3. The first-order valence-electron chi connectivity index (χ1n) is 5.29. The molecule has 2 aliphatic rings. The molecule has 0 amide bonds. The third kappa shape index (κ3) is 1.72. The second kappa shape index (κ2) is 3.65. The minimum absolute atomic E-state index is 0.350. The van der Waals surface area contributed by atoms with Gasteiger partial charge in [0.25, 0.3) is 0 Å². The van der Waals surface area contributed by atoms with Crippen molar-refractivity contribution in [3.63, 3.8) is 0 Å². The fraction of sp³-hybridized carbons (Fsp3) is 0.900. The molecule has 0 N–H and O–H groups in total. The molecule has 0 aromatic heterocycles. The lowest BCUT2D eigenvalue weighted by Gasteiger charge is -2.34. The van der Waals surface area contributed by atoms with Crippen LogP contribution in [0.4, 0.5) is 0 Å². The van der Waals surface area contributed by atoms with Gasteiger partial charge in [0, 0.05) is 0 Å². The molecule has 2 rings (SSSR count). The van der Waals surface area contributed by atoms with E-state index in [-0.39, 0.29) is 4.75 Å². The predicted octanol–water partition coefficient (Wildman–Crippen LogP) is 2.19. The topological polar surface area (TPSA) is 38.7 Å². The van der Waals surface area contributed by atoms with Gasteiger partial charge in [0.2, 0.25) is 17.0 Å². The van der Waals surface area contributed by atoms with Crippen LogP contribution in [0, 0.1) is 0 Å². The smallest absolute Gasteiger partial charge is 0.224 e. The number of rotatable bonds is 1. The van der Waals surface area contributed by atoms with Crippen molar-refractivity contribution in [3.8, 4) is 0 Å². The largest absolute Gasteiger partial charge is 0.382 e. The Balaban J connectivity index is 2.01. The second-order valence-corrected chi connectivity index (χ2v) is 6.21. The summed E-state index contributed by atoms with van der Waals surface area (Å²) in [5.41, 5.74) is 0. The molecule has 2 fully saturated rings. The fourth-order valence-electron chi connectivity index (χ4n) is 1.87. The van der Waals surface area contributed by atoms with Crippen LogP contribution in [0.15, 0.2) is 4.99 Å². The summed E-state index contributed by atoms with van der Waals surface area (Å²) < 4.78 is 15.9. The Morgan fingerprint density at radius 1 is 1.36 bits per heavy atom. The average molecular weight is 215 g/mol. The fourth-order valence-corrected chi connectivity index (χ4v) is 2.59. The summed E-state index contributed by atoms with van der Waals surface area (Å²) in [5.74, 6) is 0.697. The van der Waals surface area contributed by atoms with Crippen LogP contribution in [0.25, 0.3) is 0 Å². The maximum absolute atomic E-state index is 11.2. The van der Waals surface area contributed by atoms with Crippen molar-refractivity contribution in [3.05, 3.63) is 0 Å². The molecule has 1 aliphatic heterocycles. The molecule has 1 saturated heterocycles. The van der Waals surface area contributed by atoms with Crippen LogP contribution in [0.1, 0.15) is 46.0 Å². The van der Waals surface area contributed by atoms with Crippen LogP contribution in [0.5, 0.6) is 0 Å². The van der Waals surface area contributed by atoms with Crippen LogP contribution in [0.3, 0.4) is 0 Å². The van der Waals surface area contributed by atoms with Gasteiger partial charge in [-0.3, -0.25) is 0 Å². The van der Waals surface area contributed by atoms with Gasteiger partial charge >= 0.3 is 0 Å². The molecule has 0 aromatic rings. The van der Waals surface area contributed by atoms with E-state index in [0.717, 1.165) is 12.8 Å². The van der Waals surface area contributed by atoms with E-state index in [1.165, 1.54) is 19.3 Å². The highest BCUT2D eigenvalue weighted by molar-refractivity contribution is 7.85. The quantitative estimate of drug-likeness (QED) is 0.672. The Morgan fingerprint density at radius 3 is 2.50 bits per heavy atom. The van der Waals surface area contributed by atoms with Gasteiger partial charge in [-0.05, 0) is 26.7 Å². The van der Waals surface area contributed by atoms with Crippen molar-refractivity contribution in [2.75, 3.05) is 0 Å². The lowest BCUT2D eigenvalue weighted by atomic mass is 9.96. The van der Waals surface area contributed by atoms with Crippen molar-refractivity contribution >= 4 is 17.0 Å². The van der Waals surface area contributed by atoms with E-state index < -0.39 is 11.1 Å². The zero-order valence-electron chi connectivity index (χ0n) is 8.78. The number of hydrogen-bond donors (Lipinski definition) is 0. The van der Waals surface area contributed by atoms with Crippen LogP contribution in [-0.4, -0.2) is 20.9 Å². The summed E-state index contributed by atoms with van der Waals surface area (Å²) in [6.07, 6.45) is 6.19. The Labute approximate surface area is 87.6 Å². The van der Waals surface area contributed by atoms with Gasteiger partial charge in [0.05, 0.1) is 6.04 Å². The molecule has 1 heterocycles. The first-order chi connectivity index (χ1) is 6.60. The highest BCUT2D eigenvalue weighted by Gasteiger charge is 2.47. The summed E-state index contributed by atoms with van der Waals surface area (Å²) >= 11 is -1.17. The third-order valence-corrected chi connectivity index (χ3v) is 4.28. The van der Waals surface area contributed by atoms with E-state index in [2.05, 4.69) is 4.99 Å². The third-order valence-electron chi connectivity index (χ3n) is 2.96. The maximum Gasteiger partial charge on any atom is 0.224 e. The van der Waals surface area contributed by atoms with Crippen molar-refractivity contribution in [1.82, 2.24) is 0 Å². The Kier molecular flexibility index (Phi) is 2.64. The van der Waals surface area contributed by atoms with Gasteiger partial charge in [-0.25, -0.2) is 9.20 Å². The molecule has 0 bridgehead atoms. The van der Waals surface area contributed by atoms with Crippen LogP contribution in [0.2, 0.25) is 0 Å². The molecule has 80 valence electrons. The minimum atomic E-state index is -1.17. The maximum atomic E-state index is 11.2. The lowest BCUT2D eigenvalue weighted by Crippen LogP contribution is -2.51. The summed E-state index contributed by atoms with van der Waals surface area (Å²) in [4.78, 5) is 4.55. The van der Waals surface area contributed by atoms with Gasteiger partial charge in [0.15, 0.2) is 4.75 Å². The van der Waals surface area contributed by atoms with E-state index in [1.807, 2.05) is 13.8 Å². The van der Waals surface area contributed by atoms with Gasteiger partial charge in [-0.15, -0.1) is 0 Å². The molecule has 1 atom stereocenters. The molecular weight excluding hydrogens is 198 g/mol. The van der Waals surface area contributed by atoms with E-state index >= 15 is 0 Å². The first-order valence-corrected chi connectivity index (χ1v) is 6.36. The normalized spacial score (nSPS) is 35.0. The number of aliphatic imine (C=N–C) groups is 1. The summed E-state index contributed by atoms with van der Waals surface area (Å²) in [5, 5.41) is 0. The van der Waals surface area contributed by atoms with Gasteiger partial charge < -0.3 is 4.18 Å². The van der Waals surface area contributed by atoms with E-state index in [1.54, 1.807) is 0 Å². The molecule has 3 nitrogen and oxygen atoms in total. The van der Waals surface area contributed by atoms with E-state index in [0.29, 0.717) is 11.9 Å². The van der Waals surface area contributed by atoms with E-state index in [4.69, 9.17) is 4.18 Å². The minimum Gasteiger partial charge on any atom is -0.382 e. The highest BCUT2D eigenvalue weighted by Crippen LogP contribution is 2.30. The van der Waals surface area contributed by atoms with Crippen molar-refractivity contribution in [2.45, 2.75) is 56.7 Å². The van der Waals surface area contributed by atoms with Crippen molar-refractivity contribution in [1.29, 1.82) is 0 Å².